The van der Waals surface area contributed by atoms with Gasteiger partial charge >= 0.3 is 0 Å². The lowest BCUT2D eigenvalue weighted by atomic mass is 10.2. The second-order valence-electron chi connectivity index (χ2n) is 6.08. The number of hydrogen-bond donors (Lipinski definition) is 0. The van der Waals surface area contributed by atoms with E-state index in [1.807, 2.05) is 42.5 Å². The second-order valence-corrected chi connectivity index (χ2v) is 8.00. The molecule has 0 unspecified atom stereocenters. The molecule has 0 spiro atoms. The van der Waals surface area contributed by atoms with Gasteiger partial charge in [0, 0.05) is 25.0 Å². The SMILES string of the molecule is O=S(=O)(Cc1ccccc1)N(Cc1ccncc1)C1CCCC1. The van der Waals surface area contributed by atoms with Gasteiger partial charge in [-0.2, -0.15) is 4.31 Å². The maximum Gasteiger partial charge on any atom is 0.218 e. The summed E-state index contributed by atoms with van der Waals surface area (Å²) < 4.78 is 27.7. The highest BCUT2D eigenvalue weighted by molar-refractivity contribution is 7.88. The van der Waals surface area contributed by atoms with Crippen molar-refractivity contribution in [3.63, 3.8) is 0 Å². The Hall–Kier alpha value is -1.72. The summed E-state index contributed by atoms with van der Waals surface area (Å²) in [4.78, 5) is 4.01. The summed E-state index contributed by atoms with van der Waals surface area (Å²) in [6.45, 7) is 0.433. The minimum absolute atomic E-state index is 0.0649. The number of hydrogen-bond acceptors (Lipinski definition) is 3. The summed E-state index contributed by atoms with van der Waals surface area (Å²) in [6.07, 6.45) is 7.56. The Morgan fingerprint density at radius 1 is 0.957 bits per heavy atom. The van der Waals surface area contributed by atoms with Crippen LogP contribution in [0.5, 0.6) is 0 Å². The average molecular weight is 330 g/mol. The first-order valence-corrected chi connectivity index (χ1v) is 9.68. The summed E-state index contributed by atoms with van der Waals surface area (Å²) in [5, 5.41) is 0. The van der Waals surface area contributed by atoms with Gasteiger partial charge in [0.1, 0.15) is 0 Å². The van der Waals surface area contributed by atoms with E-state index in [0.29, 0.717) is 6.54 Å². The first kappa shape index (κ1) is 16.1. The quantitative estimate of drug-likeness (QED) is 0.816. The normalized spacial score (nSPS) is 16.0. The van der Waals surface area contributed by atoms with Crippen molar-refractivity contribution in [2.45, 2.75) is 44.0 Å². The van der Waals surface area contributed by atoms with E-state index in [0.717, 1.165) is 36.8 Å². The number of aromatic nitrogens is 1. The van der Waals surface area contributed by atoms with Crippen molar-refractivity contribution >= 4 is 10.0 Å². The molecule has 1 aliphatic rings. The molecule has 1 saturated carbocycles. The van der Waals surface area contributed by atoms with Gasteiger partial charge in [-0.05, 0) is 36.1 Å². The number of pyridine rings is 1. The van der Waals surface area contributed by atoms with Crippen molar-refractivity contribution in [2.24, 2.45) is 0 Å². The third kappa shape index (κ3) is 4.18. The Morgan fingerprint density at radius 3 is 2.26 bits per heavy atom. The summed E-state index contributed by atoms with van der Waals surface area (Å²) in [7, 11) is -3.34. The van der Waals surface area contributed by atoms with Crippen LogP contribution < -0.4 is 0 Å². The van der Waals surface area contributed by atoms with Crippen LogP contribution in [0.4, 0.5) is 0 Å². The molecule has 5 heteroatoms. The third-order valence-electron chi connectivity index (χ3n) is 4.37. The van der Waals surface area contributed by atoms with Gasteiger partial charge in [0.25, 0.3) is 0 Å². The van der Waals surface area contributed by atoms with Crippen LogP contribution in [0.25, 0.3) is 0 Å². The molecule has 1 fully saturated rings. The molecule has 1 aliphatic carbocycles. The van der Waals surface area contributed by atoms with Crippen LogP contribution >= 0.6 is 0 Å². The third-order valence-corrected chi connectivity index (χ3v) is 6.21. The van der Waals surface area contributed by atoms with Crippen LogP contribution in [0.3, 0.4) is 0 Å². The van der Waals surface area contributed by atoms with Crippen LogP contribution in [0.15, 0.2) is 54.9 Å². The van der Waals surface area contributed by atoms with E-state index >= 15 is 0 Å². The van der Waals surface area contributed by atoms with Gasteiger partial charge < -0.3 is 0 Å². The highest BCUT2D eigenvalue weighted by atomic mass is 32.2. The molecule has 2 aromatic rings. The lowest BCUT2D eigenvalue weighted by Gasteiger charge is -2.28. The number of rotatable bonds is 6. The first-order chi connectivity index (χ1) is 11.1. The van der Waals surface area contributed by atoms with Gasteiger partial charge in [-0.1, -0.05) is 43.2 Å². The number of benzene rings is 1. The molecule has 0 aliphatic heterocycles. The fourth-order valence-electron chi connectivity index (χ4n) is 3.18. The van der Waals surface area contributed by atoms with Gasteiger partial charge in [-0.15, -0.1) is 0 Å². The lowest BCUT2D eigenvalue weighted by molar-refractivity contribution is 0.315. The van der Waals surface area contributed by atoms with E-state index in [1.165, 1.54) is 0 Å². The van der Waals surface area contributed by atoms with E-state index in [4.69, 9.17) is 0 Å². The van der Waals surface area contributed by atoms with Crippen LogP contribution in [0, 0.1) is 0 Å². The van der Waals surface area contributed by atoms with Crippen molar-refractivity contribution in [2.75, 3.05) is 0 Å². The average Bonchev–Trinajstić information content (AvgIpc) is 3.08. The molecule has 0 N–H and O–H groups in total. The fraction of sp³-hybridized carbons (Fsp3) is 0.389. The molecule has 1 heterocycles. The fourth-order valence-corrected chi connectivity index (χ4v) is 4.97. The van der Waals surface area contributed by atoms with E-state index in [2.05, 4.69) is 4.98 Å². The molecule has 0 atom stereocenters. The maximum atomic E-state index is 13.0. The Balaban J connectivity index is 1.84. The minimum Gasteiger partial charge on any atom is -0.265 e. The smallest absolute Gasteiger partial charge is 0.218 e. The van der Waals surface area contributed by atoms with Crippen LogP contribution in [-0.2, 0) is 22.3 Å². The number of sulfonamides is 1. The summed E-state index contributed by atoms with van der Waals surface area (Å²) in [6, 6.07) is 13.3. The van der Waals surface area contributed by atoms with Crippen molar-refractivity contribution in [1.82, 2.24) is 9.29 Å². The molecule has 122 valence electrons. The minimum atomic E-state index is -3.34. The van der Waals surface area contributed by atoms with Gasteiger partial charge in [-0.3, -0.25) is 4.98 Å². The van der Waals surface area contributed by atoms with Gasteiger partial charge in [0.2, 0.25) is 10.0 Å². The Kier molecular flexibility index (Phi) is 5.08. The first-order valence-electron chi connectivity index (χ1n) is 8.07. The monoisotopic (exact) mass is 330 g/mol. The zero-order valence-electron chi connectivity index (χ0n) is 13.1. The highest BCUT2D eigenvalue weighted by Crippen LogP contribution is 2.28. The van der Waals surface area contributed by atoms with Crippen LogP contribution in [0.2, 0.25) is 0 Å². The predicted octanol–water partition coefficient (Wildman–Crippen LogP) is 3.36. The van der Waals surface area contributed by atoms with Gasteiger partial charge in [-0.25, -0.2) is 8.42 Å². The molecule has 1 aromatic carbocycles. The van der Waals surface area contributed by atoms with E-state index in [1.54, 1.807) is 16.7 Å². The molecule has 0 bridgehead atoms. The van der Waals surface area contributed by atoms with Crippen LogP contribution in [0.1, 0.15) is 36.8 Å². The van der Waals surface area contributed by atoms with Crippen LogP contribution in [-0.4, -0.2) is 23.7 Å². The lowest BCUT2D eigenvalue weighted by Crippen LogP contribution is -2.39. The second kappa shape index (κ2) is 7.23. The molecular weight excluding hydrogens is 308 g/mol. The molecular formula is C18H22N2O2S. The van der Waals surface area contributed by atoms with E-state index in [-0.39, 0.29) is 11.8 Å². The summed E-state index contributed by atoms with van der Waals surface area (Å²) in [5.41, 5.74) is 1.83. The molecule has 3 rings (SSSR count). The zero-order chi connectivity index (χ0) is 16.1. The zero-order valence-corrected chi connectivity index (χ0v) is 14.0. The van der Waals surface area contributed by atoms with Crippen molar-refractivity contribution < 1.29 is 8.42 Å². The Bertz CT molecular complexity index is 711. The van der Waals surface area contributed by atoms with Gasteiger partial charge in [0.15, 0.2) is 0 Å². The van der Waals surface area contributed by atoms with Crippen molar-refractivity contribution in [3.05, 3.63) is 66.0 Å². The summed E-state index contributed by atoms with van der Waals surface area (Å²) >= 11 is 0. The largest absolute Gasteiger partial charge is 0.265 e. The standard InChI is InChI=1S/C18H22N2O2S/c21-23(22,15-17-6-2-1-3-7-17)20(18-8-4-5-9-18)14-16-10-12-19-13-11-16/h1-3,6-7,10-13,18H,4-5,8-9,14-15H2. The Morgan fingerprint density at radius 2 is 1.61 bits per heavy atom. The predicted molar refractivity (Wildman–Crippen MR) is 91.1 cm³/mol. The number of nitrogens with zero attached hydrogens (tertiary/aromatic N) is 2. The van der Waals surface area contributed by atoms with Crippen molar-refractivity contribution in [1.29, 1.82) is 0 Å². The van der Waals surface area contributed by atoms with Gasteiger partial charge in [0.05, 0.1) is 5.75 Å². The molecule has 1 aromatic heterocycles. The molecule has 0 amide bonds. The van der Waals surface area contributed by atoms with E-state index < -0.39 is 10.0 Å². The van der Waals surface area contributed by atoms with E-state index in [9.17, 15) is 8.42 Å². The topological polar surface area (TPSA) is 50.3 Å². The molecule has 4 nitrogen and oxygen atoms in total. The maximum absolute atomic E-state index is 13.0. The highest BCUT2D eigenvalue weighted by Gasteiger charge is 2.32. The Labute approximate surface area is 138 Å². The molecule has 23 heavy (non-hydrogen) atoms. The summed E-state index contributed by atoms with van der Waals surface area (Å²) in [5.74, 6) is 0.0649. The molecule has 0 saturated heterocycles. The molecule has 0 radical (unpaired) electrons. The van der Waals surface area contributed by atoms with Crippen molar-refractivity contribution in [3.8, 4) is 0 Å².